The maximum Gasteiger partial charge on any atom is 0.254 e. The number of anilines is 1. The molecule has 0 bridgehead atoms. The molecule has 1 aromatic heterocycles. The van der Waals surface area contributed by atoms with Gasteiger partial charge >= 0.3 is 0 Å². The number of hydrogen-bond acceptors (Lipinski definition) is 3. The highest BCUT2D eigenvalue weighted by atomic mass is 16.2. The van der Waals surface area contributed by atoms with E-state index in [1.807, 2.05) is 19.1 Å². The molecule has 0 unspecified atom stereocenters. The van der Waals surface area contributed by atoms with Crippen molar-refractivity contribution >= 4 is 11.7 Å². The molecule has 4 nitrogen and oxygen atoms in total. The third-order valence-corrected chi connectivity index (χ3v) is 3.95. The van der Waals surface area contributed by atoms with Crippen molar-refractivity contribution in [2.45, 2.75) is 52.5 Å². The van der Waals surface area contributed by atoms with Crippen LogP contribution in [0.5, 0.6) is 0 Å². The average Bonchev–Trinajstić information content (AvgIpc) is 2.98. The molecule has 0 aliphatic heterocycles. The summed E-state index contributed by atoms with van der Waals surface area (Å²) in [5, 5.41) is 3.17. The maximum atomic E-state index is 12.9. The zero-order valence-electron chi connectivity index (χ0n) is 13.4. The van der Waals surface area contributed by atoms with Gasteiger partial charge in [-0.05, 0) is 37.8 Å². The number of pyridine rings is 1. The van der Waals surface area contributed by atoms with Crippen molar-refractivity contribution in [2.24, 2.45) is 5.92 Å². The molecule has 21 heavy (non-hydrogen) atoms. The van der Waals surface area contributed by atoms with Gasteiger partial charge in [-0.3, -0.25) is 4.79 Å². The molecule has 0 atom stereocenters. The normalized spacial score (nSPS) is 15.4. The van der Waals surface area contributed by atoms with E-state index in [-0.39, 0.29) is 5.91 Å². The third-order valence-electron chi connectivity index (χ3n) is 3.95. The van der Waals surface area contributed by atoms with E-state index in [9.17, 15) is 4.79 Å². The molecule has 0 saturated heterocycles. The van der Waals surface area contributed by atoms with Crippen LogP contribution in [0.1, 0.15) is 56.8 Å². The third kappa shape index (κ3) is 4.19. The van der Waals surface area contributed by atoms with Crippen molar-refractivity contribution in [3.05, 3.63) is 23.9 Å². The summed E-state index contributed by atoms with van der Waals surface area (Å²) in [5.74, 6) is 1.42. The minimum Gasteiger partial charge on any atom is -0.370 e. The van der Waals surface area contributed by atoms with E-state index in [0.717, 1.165) is 37.3 Å². The molecule has 116 valence electrons. The fraction of sp³-hybridized carbons (Fsp3) is 0.647. The molecule has 0 aromatic carbocycles. The van der Waals surface area contributed by atoms with E-state index < -0.39 is 0 Å². The van der Waals surface area contributed by atoms with Crippen molar-refractivity contribution in [3.63, 3.8) is 0 Å². The van der Waals surface area contributed by atoms with Crippen molar-refractivity contribution in [3.8, 4) is 0 Å². The number of aromatic nitrogens is 1. The van der Waals surface area contributed by atoms with Crippen LogP contribution >= 0.6 is 0 Å². The van der Waals surface area contributed by atoms with E-state index in [1.165, 1.54) is 12.8 Å². The standard InChI is InChI=1S/C17H27N3O/c1-4-18-16-11-14(9-10-19-16)17(21)20(12-13(2)3)15-7-5-6-8-15/h9-11,13,15H,4-8,12H2,1-3H3,(H,18,19). The lowest BCUT2D eigenvalue weighted by atomic mass is 10.1. The zero-order chi connectivity index (χ0) is 15.2. The highest BCUT2D eigenvalue weighted by Crippen LogP contribution is 2.26. The van der Waals surface area contributed by atoms with Crippen LogP contribution in [-0.2, 0) is 0 Å². The molecule has 1 aliphatic rings. The summed E-state index contributed by atoms with van der Waals surface area (Å²) in [6.45, 7) is 8.02. The van der Waals surface area contributed by atoms with Crippen LogP contribution in [0.4, 0.5) is 5.82 Å². The summed E-state index contributed by atoms with van der Waals surface area (Å²) in [5.41, 5.74) is 0.744. The number of carbonyl (C=O) groups excluding carboxylic acids is 1. The highest BCUT2D eigenvalue weighted by Gasteiger charge is 2.28. The summed E-state index contributed by atoms with van der Waals surface area (Å²) >= 11 is 0. The Hall–Kier alpha value is -1.58. The van der Waals surface area contributed by atoms with Gasteiger partial charge in [-0.25, -0.2) is 4.98 Å². The minimum atomic E-state index is 0.150. The van der Waals surface area contributed by atoms with Gasteiger partial charge < -0.3 is 10.2 Å². The molecule has 1 fully saturated rings. The number of carbonyl (C=O) groups is 1. The first-order chi connectivity index (χ1) is 10.1. The van der Waals surface area contributed by atoms with Crippen LogP contribution in [0.25, 0.3) is 0 Å². The Balaban J connectivity index is 2.18. The predicted molar refractivity (Wildman–Crippen MR) is 86.5 cm³/mol. The summed E-state index contributed by atoms with van der Waals surface area (Å²) in [7, 11) is 0. The van der Waals surface area contributed by atoms with Crippen LogP contribution in [0.15, 0.2) is 18.3 Å². The van der Waals surface area contributed by atoms with Crippen molar-refractivity contribution in [1.82, 2.24) is 9.88 Å². The Morgan fingerprint density at radius 2 is 2.14 bits per heavy atom. The lowest BCUT2D eigenvalue weighted by Gasteiger charge is -2.30. The molecule has 4 heteroatoms. The van der Waals surface area contributed by atoms with E-state index >= 15 is 0 Å². The fourth-order valence-electron chi connectivity index (χ4n) is 3.01. The minimum absolute atomic E-state index is 0.150. The van der Waals surface area contributed by atoms with Gasteiger partial charge in [0.15, 0.2) is 0 Å². The lowest BCUT2D eigenvalue weighted by molar-refractivity contribution is 0.0655. The Kier molecular flexibility index (Phi) is 5.59. The molecule has 1 N–H and O–H groups in total. The van der Waals surface area contributed by atoms with Crippen LogP contribution in [-0.4, -0.2) is 34.9 Å². The topological polar surface area (TPSA) is 45.2 Å². The molecule has 0 spiro atoms. The second-order valence-electron chi connectivity index (χ2n) is 6.25. The van der Waals surface area contributed by atoms with Crippen molar-refractivity contribution < 1.29 is 4.79 Å². The average molecular weight is 289 g/mol. The number of rotatable bonds is 6. The Labute approximate surface area is 127 Å². The predicted octanol–water partition coefficient (Wildman–Crippen LogP) is 3.55. The van der Waals surface area contributed by atoms with Gasteiger partial charge in [0, 0.05) is 30.9 Å². The molecule has 1 heterocycles. The molecule has 1 aromatic rings. The number of amides is 1. The number of nitrogens with one attached hydrogen (secondary N) is 1. The number of nitrogens with zero attached hydrogens (tertiary/aromatic N) is 2. The van der Waals surface area contributed by atoms with Gasteiger partial charge in [0.25, 0.3) is 5.91 Å². The molecule has 1 saturated carbocycles. The van der Waals surface area contributed by atoms with Crippen molar-refractivity contribution in [1.29, 1.82) is 0 Å². The fourth-order valence-corrected chi connectivity index (χ4v) is 3.01. The Bertz CT molecular complexity index is 467. The molecular weight excluding hydrogens is 262 g/mol. The SMILES string of the molecule is CCNc1cc(C(=O)N(CC(C)C)C2CCCC2)ccn1. The smallest absolute Gasteiger partial charge is 0.254 e. The molecule has 0 radical (unpaired) electrons. The number of hydrogen-bond donors (Lipinski definition) is 1. The first kappa shape index (κ1) is 15.8. The Morgan fingerprint density at radius 1 is 1.43 bits per heavy atom. The molecular formula is C17H27N3O. The second-order valence-corrected chi connectivity index (χ2v) is 6.25. The van der Waals surface area contributed by atoms with Gasteiger partial charge in [-0.1, -0.05) is 26.7 Å². The van der Waals surface area contributed by atoms with Crippen LogP contribution < -0.4 is 5.32 Å². The molecule has 1 aliphatic carbocycles. The van der Waals surface area contributed by atoms with Crippen LogP contribution in [0, 0.1) is 5.92 Å². The quantitative estimate of drug-likeness (QED) is 0.871. The first-order valence-electron chi connectivity index (χ1n) is 8.12. The summed E-state index contributed by atoms with van der Waals surface area (Å²) in [4.78, 5) is 19.2. The van der Waals surface area contributed by atoms with Crippen LogP contribution in [0.2, 0.25) is 0 Å². The van der Waals surface area contributed by atoms with Crippen molar-refractivity contribution in [2.75, 3.05) is 18.4 Å². The van der Waals surface area contributed by atoms with E-state index in [1.54, 1.807) is 6.20 Å². The molecule has 2 rings (SSSR count). The van der Waals surface area contributed by atoms with E-state index in [2.05, 4.69) is 29.0 Å². The summed E-state index contributed by atoms with van der Waals surface area (Å²) < 4.78 is 0. The largest absolute Gasteiger partial charge is 0.370 e. The zero-order valence-corrected chi connectivity index (χ0v) is 13.4. The van der Waals surface area contributed by atoms with E-state index in [0.29, 0.717) is 12.0 Å². The van der Waals surface area contributed by atoms with Gasteiger partial charge in [0.1, 0.15) is 5.82 Å². The lowest BCUT2D eigenvalue weighted by Crippen LogP contribution is -2.41. The first-order valence-corrected chi connectivity index (χ1v) is 8.12. The van der Waals surface area contributed by atoms with Gasteiger partial charge in [-0.2, -0.15) is 0 Å². The van der Waals surface area contributed by atoms with Gasteiger partial charge in [0.05, 0.1) is 0 Å². The maximum absolute atomic E-state index is 12.9. The van der Waals surface area contributed by atoms with E-state index in [4.69, 9.17) is 0 Å². The van der Waals surface area contributed by atoms with Gasteiger partial charge in [-0.15, -0.1) is 0 Å². The second kappa shape index (κ2) is 7.43. The summed E-state index contributed by atoms with van der Waals surface area (Å²) in [6, 6.07) is 4.11. The van der Waals surface area contributed by atoms with Gasteiger partial charge in [0.2, 0.25) is 0 Å². The highest BCUT2D eigenvalue weighted by molar-refractivity contribution is 5.95. The summed E-state index contributed by atoms with van der Waals surface area (Å²) in [6.07, 6.45) is 6.48. The Morgan fingerprint density at radius 3 is 2.76 bits per heavy atom. The van der Waals surface area contributed by atoms with Crippen LogP contribution in [0.3, 0.4) is 0 Å². The molecule has 1 amide bonds. The monoisotopic (exact) mass is 289 g/mol.